The molecule has 0 N–H and O–H groups in total. The highest BCUT2D eigenvalue weighted by molar-refractivity contribution is 5.95. The molecule has 1 heterocycles. The summed E-state index contributed by atoms with van der Waals surface area (Å²) in [6, 6.07) is 6.16. The molecule has 1 saturated heterocycles. The molecule has 1 atom stereocenters. The molecule has 0 aromatic heterocycles. The van der Waals surface area contributed by atoms with Crippen molar-refractivity contribution in [2.45, 2.75) is 19.8 Å². The van der Waals surface area contributed by atoms with E-state index < -0.39 is 11.9 Å². The van der Waals surface area contributed by atoms with Crippen LogP contribution < -0.4 is 4.90 Å². The van der Waals surface area contributed by atoms with Crippen molar-refractivity contribution in [3.8, 4) is 0 Å². The zero-order valence-corrected chi connectivity index (χ0v) is 12.9. The van der Waals surface area contributed by atoms with Crippen molar-refractivity contribution in [3.63, 3.8) is 0 Å². The van der Waals surface area contributed by atoms with Gasteiger partial charge in [0.25, 0.3) is 0 Å². The first-order valence-corrected chi connectivity index (χ1v) is 7.48. The highest BCUT2D eigenvalue weighted by atomic mass is 19.1. The van der Waals surface area contributed by atoms with Crippen molar-refractivity contribution < 1.29 is 18.7 Å². The maximum atomic E-state index is 13.8. The van der Waals surface area contributed by atoms with Gasteiger partial charge in [0.15, 0.2) is 0 Å². The van der Waals surface area contributed by atoms with Crippen LogP contribution in [0, 0.1) is 11.7 Å². The number of ether oxygens (including phenoxy) is 1. The van der Waals surface area contributed by atoms with Crippen molar-refractivity contribution in [2.24, 2.45) is 5.92 Å². The Morgan fingerprint density at radius 3 is 2.82 bits per heavy atom. The zero-order valence-electron chi connectivity index (χ0n) is 12.9. The van der Waals surface area contributed by atoms with Crippen LogP contribution in [0.5, 0.6) is 0 Å². The van der Waals surface area contributed by atoms with Gasteiger partial charge in [0.2, 0.25) is 5.91 Å². The van der Waals surface area contributed by atoms with Gasteiger partial charge in [0.05, 0.1) is 18.2 Å². The van der Waals surface area contributed by atoms with Crippen molar-refractivity contribution >= 4 is 17.7 Å². The zero-order chi connectivity index (χ0) is 16.1. The van der Waals surface area contributed by atoms with E-state index in [4.69, 9.17) is 4.74 Å². The Morgan fingerprint density at radius 1 is 1.41 bits per heavy atom. The summed E-state index contributed by atoms with van der Waals surface area (Å²) in [5.74, 6) is -0.946. The molecule has 1 aromatic carbocycles. The van der Waals surface area contributed by atoms with Gasteiger partial charge in [0.1, 0.15) is 5.82 Å². The van der Waals surface area contributed by atoms with Gasteiger partial charge in [-0.2, -0.15) is 0 Å². The summed E-state index contributed by atoms with van der Waals surface area (Å²) in [5, 5.41) is 0. The lowest BCUT2D eigenvalue weighted by Gasteiger charge is -2.33. The highest BCUT2D eigenvalue weighted by Gasteiger charge is 2.31. The first-order valence-electron chi connectivity index (χ1n) is 7.48. The van der Waals surface area contributed by atoms with Crippen molar-refractivity contribution in [1.29, 1.82) is 0 Å². The molecule has 1 aliphatic rings. The predicted octanol–water partition coefficient (Wildman–Crippen LogP) is 2.66. The fraction of sp³-hybridized carbons (Fsp3) is 0.500. The molecular formula is C16H21FN2O3. The third-order valence-corrected chi connectivity index (χ3v) is 3.84. The molecule has 0 bridgehead atoms. The van der Waals surface area contributed by atoms with Gasteiger partial charge in [-0.05, 0) is 31.9 Å². The number of carbonyl (C=O) groups is 2. The van der Waals surface area contributed by atoms with Gasteiger partial charge in [-0.15, -0.1) is 0 Å². The molecule has 1 aliphatic heterocycles. The molecule has 2 amide bonds. The van der Waals surface area contributed by atoms with Crippen LogP contribution in [0.4, 0.5) is 14.9 Å². The largest absolute Gasteiger partial charge is 0.450 e. The second-order valence-electron chi connectivity index (χ2n) is 5.33. The molecule has 0 unspecified atom stereocenters. The Balaban J connectivity index is 2.05. The number of para-hydroxylation sites is 1. The third-order valence-electron chi connectivity index (χ3n) is 3.84. The molecule has 0 radical (unpaired) electrons. The van der Waals surface area contributed by atoms with E-state index in [1.807, 2.05) is 0 Å². The van der Waals surface area contributed by atoms with Crippen LogP contribution in [0.15, 0.2) is 24.3 Å². The van der Waals surface area contributed by atoms with Gasteiger partial charge in [-0.3, -0.25) is 4.79 Å². The van der Waals surface area contributed by atoms with Gasteiger partial charge >= 0.3 is 6.09 Å². The Morgan fingerprint density at radius 2 is 2.14 bits per heavy atom. The lowest BCUT2D eigenvalue weighted by molar-refractivity contribution is -0.123. The number of rotatable bonds is 3. The Kier molecular flexibility index (Phi) is 5.35. The van der Waals surface area contributed by atoms with E-state index >= 15 is 0 Å². The predicted molar refractivity (Wildman–Crippen MR) is 81.1 cm³/mol. The SMILES string of the molecule is CCOC(=O)N1CCC[C@H](C(=O)N(C)c2ccccc2F)C1. The van der Waals surface area contributed by atoms with Crippen molar-refractivity contribution in [2.75, 3.05) is 31.6 Å². The van der Waals surface area contributed by atoms with Crippen LogP contribution in [0.25, 0.3) is 0 Å². The third kappa shape index (κ3) is 3.55. The number of nitrogens with zero attached hydrogens (tertiary/aromatic N) is 2. The maximum Gasteiger partial charge on any atom is 0.409 e. The van der Waals surface area contributed by atoms with Crippen LogP contribution in [0.1, 0.15) is 19.8 Å². The smallest absolute Gasteiger partial charge is 0.409 e. The fourth-order valence-electron chi connectivity index (χ4n) is 2.68. The van der Waals surface area contributed by atoms with E-state index in [0.29, 0.717) is 26.1 Å². The summed E-state index contributed by atoms with van der Waals surface area (Å²) in [7, 11) is 1.56. The van der Waals surface area contributed by atoms with Crippen LogP contribution in [-0.2, 0) is 9.53 Å². The number of anilines is 1. The molecule has 22 heavy (non-hydrogen) atoms. The summed E-state index contributed by atoms with van der Waals surface area (Å²) in [4.78, 5) is 27.2. The minimum Gasteiger partial charge on any atom is -0.450 e. The molecule has 0 spiro atoms. The van der Waals surface area contributed by atoms with E-state index in [9.17, 15) is 14.0 Å². The quantitative estimate of drug-likeness (QED) is 0.862. The van der Waals surface area contributed by atoms with E-state index in [0.717, 1.165) is 6.42 Å². The molecule has 2 rings (SSSR count). The fourth-order valence-corrected chi connectivity index (χ4v) is 2.68. The summed E-state index contributed by atoms with van der Waals surface area (Å²) >= 11 is 0. The van der Waals surface area contributed by atoms with Crippen LogP contribution in [-0.4, -0.2) is 43.6 Å². The van der Waals surface area contributed by atoms with E-state index in [1.165, 1.54) is 11.0 Å². The minimum atomic E-state index is -0.434. The highest BCUT2D eigenvalue weighted by Crippen LogP contribution is 2.24. The number of benzene rings is 1. The average molecular weight is 308 g/mol. The van der Waals surface area contributed by atoms with E-state index in [-0.39, 0.29) is 17.5 Å². The van der Waals surface area contributed by atoms with Crippen LogP contribution >= 0.6 is 0 Å². The van der Waals surface area contributed by atoms with Crippen LogP contribution in [0.2, 0.25) is 0 Å². The number of piperidine rings is 1. The molecule has 0 saturated carbocycles. The number of hydrogen-bond acceptors (Lipinski definition) is 3. The van der Waals surface area contributed by atoms with E-state index in [2.05, 4.69) is 0 Å². The van der Waals surface area contributed by atoms with Crippen molar-refractivity contribution in [3.05, 3.63) is 30.1 Å². The summed E-state index contributed by atoms with van der Waals surface area (Å²) in [6.07, 6.45) is 1.03. The standard InChI is InChI=1S/C16H21FN2O3/c1-3-22-16(21)19-10-6-7-12(11-19)15(20)18(2)14-9-5-4-8-13(14)17/h4-5,8-9,12H,3,6-7,10-11H2,1-2H3/t12-/m0/s1. The molecule has 5 nitrogen and oxygen atoms in total. The topological polar surface area (TPSA) is 49.9 Å². The number of amides is 2. The molecule has 0 aliphatic carbocycles. The lowest BCUT2D eigenvalue weighted by Crippen LogP contribution is -2.46. The second kappa shape index (κ2) is 7.24. The first-order chi connectivity index (χ1) is 10.5. The summed E-state index contributed by atoms with van der Waals surface area (Å²) in [5.41, 5.74) is 0.251. The van der Waals surface area contributed by atoms with Gasteiger partial charge in [0, 0.05) is 20.1 Å². The Hall–Kier alpha value is -2.11. The molecule has 6 heteroatoms. The second-order valence-corrected chi connectivity index (χ2v) is 5.33. The van der Waals surface area contributed by atoms with Crippen LogP contribution in [0.3, 0.4) is 0 Å². The van der Waals surface area contributed by atoms with Gasteiger partial charge in [-0.1, -0.05) is 12.1 Å². The van der Waals surface area contributed by atoms with E-state index in [1.54, 1.807) is 37.1 Å². The monoisotopic (exact) mass is 308 g/mol. The Bertz CT molecular complexity index is 550. The maximum absolute atomic E-state index is 13.8. The molecule has 120 valence electrons. The first kappa shape index (κ1) is 16.3. The van der Waals surface area contributed by atoms with Gasteiger partial charge in [-0.25, -0.2) is 9.18 Å². The average Bonchev–Trinajstić information content (AvgIpc) is 2.54. The number of carbonyl (C=O) groups excluding carboxylic acids is 2. The number of hydrogen-bond donors (Lipinski definition) is 0. The van der Waals surface area contributed by atoms with Gasteiger partial charge < -0.3 is 14.5 Å². The van der Waals surface area contributed by atoms with Crippen molar-refractivity contribution in [1.82, 2.24) is 4.90 Å². The molecule has 1 fully saturated rings. The number of likely N-dealkylation sites (tertiary alicyclic amines) is 1. The normalized spacial score (nSPS) is 18.0. The number of halogens is 1. The molecular weight excluding hydrogens is 287 g/mol. The summed E-state index contributed by atoms with van der Waals surface area (Å²) < 4.78 is 18.8. The Labute approximate surface area is 129 Å². The summed E-state index contributed by atoms with van der Waals surface area (Å²) in [6.45, 7) is 2.96. The minimum absolute atomic E-state index is 0.181. The molecule has 1 aromatic rings. The lowest BCUT2D eigenvalue weighted by atomic mass is 9.96.